The molecule has 1 N–H and O–H groups in total. The van der Waals surface area contributed by atoms with E-state index in [-0.39, 0.29) is 31.2 Å². The Morgan fingerprint density at radius 3 is 2.26 bits per heavy atom. The first kappa shape index (κ1) is 25.6. The molecule has 0 spiro atoms. The summed E-state index contributed by atoms with van der Waals surface area (Å²) >= 11 is 2.18. The molecule has 0 radical (unpaired) electrons. The van der Waals surface area contributed by atoms with Gasteiger partial charge >= 0.3 is 5.97 Å². The smallest absolute Gasteiger partial charge is 0.310 e. The van der Waals surface area contributed by atoms with Crippen molar-refractivity contribution < 1.29 is 38.0 Å². The van der Waals surface area contributed by atoms with E-state index in [2.05, 4.69) is 27.9 Å². The minimum Gasteiger partial charge on any atom is -0.493 e. The van der Waals surface area contributed by atoms with Crippen LogP contribution in [-0.4, -0.2) is 46.6 Å². The Kier molecular flexibility index (Phi) is 6.66. The summed E-state index contributed by atoms with van der Waals surface area (Å²) in [4.78, 5) is 26.8. The van der Waals surface area contributed by atoms with Gasteiger partial charge in [0.25, 0.3) is 5.91 Å². The number of nitrogens with one attached hydrogen (secondary N) is 1. The second kappa shape index (κ2) is 10.1. The quantitative estimate of drug-likeness (QED) is 0.311. The van der Waals surface area contributed by atoms with Crippen molar-refractivity contribution in [3.63, 3.8) is 0 Å². The number of halogens is 1. The molecule has 0 bridgehead atoms. The fourth-order valence-corrected chi connectivity index (χ4v) is 6.43. The molecule has 1 unspecified atom stereocenters. The van der Waals surface area contributed by atoms with Crippen LogP contribution < -0.4 is 29.0 Å². The fraction of sp³-hybridized carbons (Fsp3) is 0.310. The zero-order valence-electron chi connectivity index (χ0n) is 21.5. The Balaban J connectivity index is 1.52. The van der Waals surface area contributed by atoms with Crippen LogP contribution >= 0.6 is 22.6 Å². The van der Waals surface area contributed by atoms with Crippen LogP contribution in [0.2, 0.25) is 0 Å². The van der Waals surface area contributed by atoms with Gasteiger partial charge in [0.15, 0.2) is 23.0 Å². The molecule has 1 saturated heterocycles. The normalized spacial score (nSPS) is 22.4. The number of benzene rings is 3. The first-order chi connectivity index (χ1) is 18.9. The molecule has 6 rings (SSSR count). The average molecular weight is 643 g/mol. The minimum absolute atomic E-state index is 0.0987. The van der Waals surface area contributed by atoms with Gasteiger partial charge in [0.2, 0.25) is 12.5 Å². The third-order valence-corrected chi connectivity index (χ3v) is 8.28. The number of carbonyl (C=O) groups excluding carboxylic acids is 2. The van der Waals surface area contributed by atoms with E-state index in [1.54, 1.807) is 27.4 Å². The average Bonchev–Trinajstić information content (AvgIpc) is 3.57. The number of cyclic esters (lactones) is 1. The molecule has 2 heterocycles. The monoisotopic (exact) mass is 643 g/mol. The van der Waals surface area contributed by atoms with Crippen LogP contribution in [0.5, 0.6) is 28.7 Å². The second-order valence-electron chi connectivity index (χ2n) is 9.55. The zero-order valence-corrected chi connectivity index (χ0v) is 23.6. The third-order valence-electron chi connectivity index (χ3n) is 7.61. The van der Waals surface area contributed by atoms with E-state index in [0.29, 0.717) is 34.3 Å². The van der Waals surface area contributed by atoms with E-state index in [1.807, 2.05) is 42.5 Å². The lowest BCUT2D eigenvalue weighted by atomic mass is 9.65. The van der Waals surface area contributed by atoms with Crippen molar-refractivity contribution in [2.45, 2.75) is 12.0 Å². The van der Waals surface area contributed by atoms with Gasteiger partial charge in [-0.25, -0.2) is 0 Å². The van der Waals surface area contributed by atoms with Crippen molar-refractivity contribution >= 4 is 34.5 Å². The summed E-state index contributed by atoms with van der Waals surface area (Å²) in [5.41, 5.74) is 3.01. The molecule has 10 heteroatoms. The predicted octanol–water partition coefficient (Wildman–Crippen LogP) is 4.45. The van der Waals surface area contributed by atoms with Crippen LogP contribution in [-0.2, 0) is 9.53 Å². The van der Waals surface area contributed by atoms with E-state index in [4.69, 9.17) is 28.4 Å². The van der Waals surface area contributed by atoms with E-state index in [9.17, 15) is 9.59 Å². The molecule has 202 valence electrons. The number of methoxy groups -OCH3 is 3. The molecule has 0 aromatic heterocycles. The number of hydrogen-bond donors (Lipinski definition) is 1. The molecule has 39 heavy (non-hydrogen) atoms. The van der Waals surface area contributed by atoms with Crippen LogP contribution in [0.25, 0.3) is 0 Å². The molecule has 1 aliphatic carbocycles. The van der Waals surface area contributed by atoms with E-state index in [1.165, 1.54) is 0 Å². The predicted molar refractivity (Wildman–Crippen MR) is 148 cm³/mol. The number of rotatable bonds is 6. The molecule has 9 nitrogen and oxygen atoms in total. The summed E-state index contributed by atoms with van der Waals surface area (Å²) in [6.45, 7) is 0.275. The highest BCUT2D eigenvalue weighted by Crippen LogP contribution is 2.55. The van der Waals surface area contributed by atoms with Gasteiger partial charge in [-0.05, 0) is 81.7 Å². The Labute approximate surface area is 238 Å². The topological polar surface area (TPSA) is 102 Å². The van der Waals surface area contributed by atoms with Crippen molar-refractivity contribution in [2.24, 2.45) is 11.8 Å². The molecule has 1 fully saturated rings. The standard InChI is InChI=1S/C29H26INO8/c1-34-22-8-15(9-23(35-2)27(22)36-3)24-17-10-20-21(39-13-38-20)11-18(17)26(19-12-37-29(33)25(19)24)31-28(32)14-5-4-6-16(30)7-14/h4-11,19,24-26H,12-13H2,1-3H3,(H,31,32)/t19-,24+,25?,26+/m0/s1. The van der Waals surface area contributed by atoms with Gasteiger partial charge in [0.05, 0.1) is 39.9 Å². The summed E-state index contributed by atoms with van der Waals surface area (Å²) in [6, 6.07) is 14.4. The molecule has 2 aliphatic heterocycles. The highest BCUT2D eigenvalue weighted by atomic mass is 127. The van der Waals surface area contributed by atoms with Gasteiger partial charge in [0.1, 0.15) is 0 Å². The number of fused-ring (bicyclic) bond motifs is 3. The first-order valence-corrected chi connectivity index (χ1v) is 13.5. The molecular formula is C29H26INO8. The second-order valence-corrected chi connectivity index (χ2v) is 10.8. The van der Waals surface area contributed by atoms with Crippen LogP contribution in [0, 0.1) is 15.4 Å². The molecule has 3 aliphatic rings. The summed E-state index contributed by atoms with van der Waals surface area (Å²) in [5, 5.41) is 3.20. The largest absolute Gasteiger partial charge is 0.493 e. The van der Waals surface area contributed by atoms with Crippen LogP contribution in [0.4, 0.5) is 0 Å². The summed E-state index contributed by atoms with van der Waals surface area (Å²) in [7, 11) is 4.65. The number of hydrogen-bond acceptors (Lipinski definition) is 8. The van der Waals surface area contributed by atoms with Crippen molar-refractivity contribution in [2.75, 3.05) is 34.7 Å². The molecule has 1 amide bonds. The fourth-order valence-electron chi connectivity index (χ4n) is 5.88. The van der Waals surface area contributed by atoms with Gasteiger partial charge < -0.3 is 33.7 Å². The summed E-state index contributed by atoms with van der Waals surface area (Å²) in [5.74, 6) is 0.725. The number of amides is 1. The van der Waals surface area contributed by atoms with E-state index < -0.39 is 17.9 Å². The Morgan fingerprint density at radius 2 is 1.62 bits per heavy atom. The van der Waals surface area contributed by atoms with E-state index in [0.717, 1.165) is 20.3 Å². The lowest BCUT2D eigenvalue weighted by Crippen LogP contribution is -2.42. The summed E-state index contributed by atoms with van der Waals surface area (Å²) in [6.07, 6.45) is 0. The van der Waals surface area contributed by atoms with Crippen molar-refractivity contribution in [3.8, 4) is 28.7 Å². The summed E-state index contributed by atoms with van der Waals surface area (Å²) < 4.78 is 34.8. The third kappa shape index (κ3) is 4.30. The minimum atomic E-state index is -0.568. The molecule has 0 saturated carbocycles. The Hall–Kier alpha value is -3.67. The van der Waals surface area contributed by atoms with Gasteiger partial charge in [-0.3, -0.25) is 9.59 Å². The van der Waals surface area contributed by atoms with Crippen molar-refractivity contribution in [3.05, 3.63) is 74.4 Å². The molecule has 3 aromatic rings. The highest BCUT2D eigenvalue weighted by Gasteiger charge is 2.53. The van der Waals surface area contributed by atoms with Gasteiger partial charge in [-0.1, -0.05) is 6.07 Å². The van der Waals surface area contributed by atoms with Crippen LogP contribution in [0.15, 0.2) is 48.5 Å². The van der Waals surface area contributed by atoms with Gasteiger partial charge in [-0.15, -0.1) is 0 Å². The Morgan fingerprint density at radius 1 is 0.923 bits per heavy atom. The molecular weight excluding hydrogens is 617 g/mol. The SMILES string of the molecule is COc1cc([C@@H]2c3cc4c(cc3[C@@H](NC(=O)c3cccc(I)c3)[C@H]3COC(=O)C23)OCO4)cc(OC)c1OC. The Bertz CT molecular complexity index is 1450. The highest BCUT2D eigenvalue weighted by molar-refractivity contribution is 14.1. The number of carbonyl (C=O) groups is 2. The zero-order chi connectivity index (χ0) is 27.3. The maximum absolute atomic E-state index is 13.4. The van der Waals surface area contributed by atoms with Gasteiger partial charge in [0, 0.05) is 21.0 Å². The lowest BCUT2D eigenvalue weighted by molar-refractivity contribution is -0.141. The van der Waals surface area contributed by atoms with E-state index >= 15 is 0 Å². The van der Waals surface area contributed by atoms with Crippen molar-refractivity contribution in [1.29, 1.82) is 0 Å². The van der Waals surface area contributed by atoms with Crippen LogP contribution in [0.1, 0.15) is 39.0 Å². The van der Waals surface area contributed by atoms with Crippen molar-refractivity contribution in [1.82, 2.24) is 5.32 Å². The molecule has 4 atom stereocenters. The number of ether oxygens (including phenoxy) is 6. The first-order valence-electron chi connectivity index (χ1n) is 12.4. The molecule has 3 aromatic carbocycles. The van der Waals surface area contributed by atoms with Gasteiger partial charge in [-0.2, -0.15) is 0 Å². The maximum Gasteiger partial charge on any atom is 0.310 e. The number of esters is 1. The maximum atomic E-state index is 13.4. The lowest BCUT2D eigenvalue weighted by Gasteiger charge is -2.39. The van der Waals surface area contributed by atoms with Crippen LogP contribution in [0.3, 0.4) is 0 Å².